The van der Waals surface area contributed by atoms with Gasteiger partial charge in [0.05, 0.1) is 16.8 Å². The minimum absolute atomic E-state index is 0.262. The van der Waals surface area contributed by atoms with Crippen LogP contribution in [-0.2, 0) is 21.9 Å². The van der Waals surface area contributed by atoms with E-state index in [0.29, 0.717) is 29.2 Å². The Kier molecular flexibility index (Phi) is 7.11. The molecule has 2 aromatic carbocycles. The highest BCUT2D eigenvalue weighted by Crippen LogP contribution is 2.34. The number of rotatable bonds is 5. The van der Waals surface area contributed by atoms with Crippen LogP contribution in [0.4, 0.5) is 32.0 Å². The van der Waals surface area contributed by atoms with E-state index in [1.54, 1.807) is 0 Å². The number of carbonyl (C=O) groups is 3. The molecule has 0 atom stereocenters. The van der Waals surface area contributed by atoms with Crippen molar-refractivity contribution in [2.45, 2.75) is 40.0 Å². The molecule has 0 saturated heterocycles. The Bertz CT molecular complexity index is 1040. The number of carbonyl (C=O) groups excluding carboxylic acids is 3. The van der Waals surface area contributed by atoms with E-state index in [1.165, 1.54) is 27.7 Å². The van der Waals surface area contributed by atoms with Crippen molar-refractivity contribution in [3.63, 3.8) is 0 Å². The molecule has 2 rings (SSSR count). The standard InChI is InChI=1S/C23H21F6NO3/c1-13(2)18(31)21(3,4)20(33)30(17-11-9-16(10-12-17)23(27,28)29)19(32)14-5-7-15(8-6-14)22(24,25)26/h5-13H,1-4H3. The lowest BCUT2D eigenvalue weighted by atomic mass is 9.81. The molecule has 2 aromatic rings. The molecule has 4 nitrogen and oxygen atoms in total. The number of hydrogen-bond donors (Lipinski definition) is 0. The molecule has 10 heteroatoms. The highest BCUT2D eigenvalue weighted by Gasteiger charge is 2.43. The van der Waals surface area contributed by atoms with Crippen molar-refractivity contribution in [3.8, 4) is 0 Å². The van der Waals surface area contributed by atoms with Gasteiger partial charge in [0.15, 0.2) is 0 Å². The predicted molar refractivity (Wildman–Crippen MR) is 108 cm³/mol. The third kappa shape index (κ3) is 5.61. The molecule has 178 valence electrons. The highest BCUT2D eigenvalue weighted by molar-refractivity contribution is 6.26. The molecule has 0 aromatic heterocycles. The van der Waals surface area contributed by atoms with Crippen LogP contribution in [0, 0.1) is 11.3 Å². The number of imide groups is 1. The van der Waals surface area contributed by atoms with Crippen LogP contribution in [0.5, 0.6) is 0 Å². The Morgan fingerprint density at radius 3 is 1.48 bits per heavy atom. The number of amides is 2. The maximum absolute atomic E-state index is 13.3. The van der Waals surface area contributed by atoms with Crippen LogP contribution in [-0.4, -0.2) is 17.6 Å². The zero-order valence-corrected chi connectivity index (χ0v) is 18.1. The molecular weight excluding hydrogens is 452 g/mol. The predicted octanol–water partition coefficient (Wildman–Crippen LogP) is 6.15. The Hall–Kier alpha value is -3.17. The topological polar surface area (TPSA) is 54.5 Å². The van der Waals surface area contributed by atoms with Crippen molar-refractivity contribution in [1.82, 2.24) is 0 Å². The van der Waals surface area contributed by atoms with Gasteiger partial charge in [-0.25, -0.2) is 4.90 Å². The maximum atomic E-state index is 13.3. The highest BCUT2D eigenvalue weighted by atomic mass is 19.4. The van der Waals surface area contributed by atoms with Gasteiger partial charge in [-0.1, -0.05) is 13.8 Å². The summed E-state index contributed by atoms with van der Waals surface area (Å²) >= 11 is 0. The average molecular weight is 473 g/mol. The minimum Gasteiger partial charge on any atom is -0.298 e. The fraction of sp³-hybridized carbons (Fsp3) is 0.348. The number of alkyl halides is 6. The van der Waals surface area contributed by atoms with Crippen LogP contribution in [0.25, 0.3) is 0 Å². The first-order valence-corrected chi connectivity index (χ1v) is 9.75. The molecule has 33 heavy (non-hydrogen) atoms. The summed E-state index contributed by atoms with van der Waals surface area (Å²) in [6.45, 7) is 5.62. The molecule has 0 unspecified atom stereocenters. The van der Waals surface area contributed by atoms with Crippen molar-refractivity contribution in [3.05, 3.63) is 65.2 Å². The van der Waals surface area contributed by atoms with Crippen molar-refractivity contribution in [2.75, 3.05) is 4.90 Å². The lowest BCUT2D eigenvalue weighted by Gasteiger charge is -2.31. The number of nitrogens with zero attached hydrogens (tertiary/aromatic N) is 1. The quantitative estimate of drug-likeness (QED) is 0.387. The summed E-state index contributed by atoms with van der Waals surface area (Å²) in [5, 5.41) is 0. The van der Waals surface area contributed by atoms with Crippen LogP contribution in [0.2, 0.25) is 0 Å². The van der Waals surface area contributed by atoms with E-state index in [-0.39, 0.29) is 11.3 Å². The average Bonchev–Trinajstić information content (AvgIpc) is 2.72. The number of hydrogen-bond acceptors (Lipinski definition) is 3. The Labute approximate surface area is 186 Å². The van der Waals surface area contributed by atoms with Gasteiger partial charge >= 0.3 is 12.4 Å². The minimum atomic E-state index is -4.67. The van der Waals surface area contributed by atoms with E-state index in [4.69, 9.17) is 0 Å². The largest absolute Gasteiger partial charge is 0.416 e. The summed E-state index contributed by atoms with van der Waals surface area (Å²) < 4.78 is 77.4. The number of ketones is 1. The number of halogens is 6. The van der Waals surface area contributed by atoms with Crippen molar-refractivity contribution in [1.29, 1.82) is 0 Å². The second-order valence-electron chi connectivity index (χ2n) is 8.21. The number of anilines is 1. The third-order valence-corrected chi connectivity index (χ3v) is 4.99. The van der Waals surface area contributed by atoms with Crippen molar-refractivity contribution >= 4 is 23.3 Å². The van der Waals surface area contributed by atoms with E-state index >= 15 is 0 Å². The molecule has 0 heterocycles. The molecule has 0 radical (unpaired) electrons. The van der Waals surface area contributed by atoms with Crippen LogP contribution in [0.1, 0.15) is 49.2 Å². The summed E-state index contributed by atoms with van der Waals surface area (Å²) in [5.74, 6) is -3.23. The molecule has 0 aliphatic carbocycles. The van der Waals surface area contributed by atoms with Gasteiger partial charge in [0.25, 0.3) is 5.91 Å². The molecule has 0 aliphatic rings. The van der Waals surface area contributed by atoms with Crippen molar-refractivity contribution < 1.29 is 40.7 Å². The summed E-state index contributed by atoms with van der Waals surface area (Å²) in [6, 6.07) is 6.09. The van der Waals surface area contributed by atoms with Gasteiger partial charge in [0, 0.05) is 11.5 Å². The molecule has 2 amide bonds. The first-order chi connectivity index (χ1) is 15.0. The lowest BCUT2D eigenvalue weighted by molar-refractivity contribution is -0.140. The Balaban J connectivity index is 2.58. The summed E-state index contributed by atoms with van der Waals surface area (Å²) in [7, 11) is 0. The zero-order valence-electron chi connectivity index (χ0n) is 18.1. The molecule has 0 saturated carbocycles. The summed E-state index contributed by atoms with van der Waals surface area (Å²) in [6.07, 6.45) is -9.33. The maximum Gasteiger partial charge on any atom is 0.416 e. The van der Waals surface area contributed by atoms with Gasteiger partial charge in [0.2, 0.25) is 5.91 Å². The Morgan fingerprint density at radius 2 is 1.12 bits per heavy atom. The van der Waals surface area contributed by atoms with Crippen LogP contribution in [0.3, 0.4) is 0 Å². The molecule has 0 N–H and O–H groups in total. The van der Waals surface area contributed by atoms with Crippen LogP contribution >= 0.6 is 0 Å². The van der Waals surface area contributed by atoms with E-state index < -0.39 is 52.4 Å². The third-order valence-electron chi connectivity index (χ3n) is 4.99. The zero-order chi connectivity index (χ0) is 25.4. The fourth-order valence-electron chi connectivity index (χ4n) is 3.16. The number of Topliss-reactive ketones (excluding diaryl/α,β-unsaturated/α-hetero) is 1. The molecule has 0 aliphatic heterocycles. The molecule has 0 bridgehead atoms. The van der Waals surface area contributed by atoms with Gasteiger partial charge in [-0.15, -0.1) is 0 Å². The second kappa shape index (κ2) is 8.99. The van der Waals surface area contributed by atoms with E-state index in [0.717, 1.165) is 24.3 Å². The molecular formula is C23H21F6NO3. The van der Waals surface area contributed by atoms with Gasteiger partial charge in [-0.05, 0) is 62.4 Å². The SMILES string of the molecule is CC(C)C(=O)C(C)(C)C(=O)N(C(=O)c1ccc(C(F)(F)F)cc1)c1ccc(C(F)(F)F)cc1. The van der Waals surface area contributed by atoms with Crippen molar-refractivity contribution in [2.24, 2.45) is 11.3 Å². The summed E-state index contributed by atoms with van der Waals surface area (Å²) in [4.78, 5) is 39.6. The van der Waals surface area contributed by atoms with Gasteiger partial charge in [0.1, 0.15) is 11.2 Å². The monoisotopic (exact) mass is 473 g/mol. The van der Waals surface area contributed by atoms with E-state index in [9.17, 15) is 40.7 Å². The first-order valence-electron chi connectivity index (χ1n) is 9.75. The lowest BCUT2D eigenvalue weighted by Crippen LogP contribution is -2.49. The van der Waals surface area contributed by atoms with Gasteiger partial charge < -0.3 is 0 Å². The summed E-state index contributed by atoms with van der Waals surface area (Å²) in [5.41, 5.74) is -4.37. The smallest absolute Gasteiger partial charge is 0.298 e. The molecule has 0 spiro atoms. The van der Waals surface area contributed by atoms with Gasteiger partial charge in [-0.2, -0.15) is 26.3 Å². The van der Waals surface area contributed by atoms with Crippen LogP contribution in [0.15, 0.2) is 48.5 Å². The fourth-order valence-corrected chi connectivity index (χ4v) is 3.16. The first kappa shape index (κ1) is 26.1. The normalized spacial score (nSPS) is 12.6. The second-order valence-corrected chi connectivity index (χ2v) is 8.21. The van der Waals surface area contributed by atoms with E-state index in [1.807, 2.05) is 0 Å². The Morgan fingerprint density at radius 1 is 0.727 bits per heavy atom. The van der Waals surface area contributed by atoms with Gasteiger partial charge in [-0.3, -0.25) is 14.4 Å². The van der Waals surface area contributed by atoms with E-state index in [2.05, 4.69) is 0 Å². The molecule has 0 fully saturated rings. The number of benzene rings is 2. The van der Waals surface area contributed by atoms with Crippen LogP contribution < -0.4 is 4.90 Å².